The van der Waals surface area contributed by atoms with E-state index in [0.717, 1.165) is 89.5 Å². The molecule has 4 nitrogen and oxygen atoms in total. The van der Waals surface area contributed by atoms with Gasteiger partial charge in [-0.1, -0.05) is 72.2 Å². The molecule has 1 unspecified atom stereocenters. The Kier molecular flexibility index (Phi) is 7.48. The minimum Gasteiger partial charge on any atom is -0.456 e. The van der Waals surface area contributed by atoms with Gasteiger partial charge in [0.05, 0.1) is 0 Å². The van der Waals surface area contributed by atoms with Gasteiger partial charge in [0.15, 0.2) is 0 Å². The normalized spacial score (nSPS) is 14.4. The molecule has 0 fully saturated rings. The van der Waals surface area contributed by atoms with Gasteiger partial charge in [-0.2, -0.15) is 0 Å². The first kappa shape index (κ1) is 32.2. The third kappa shape index (κ3) is 5.54. The highest BCUT2D eigenvalue weighted by molar-refractivity contribution is 6.15. The SMILES string of the molecule is Cc1ccc(N(C2=CCC(C)C=C2)c2ccc3c(c2)oc2cc4cc5c(cc4cc23)oc2cc(N(c3ccc(C)cc3)c3ccc(C)cc3)ccc25)cc1. The first-order valence-corrected chi connectivity index (χ1v) is 18.8. The second-order valence-corrected chi connectivity index (χ2v) is 15.0. The molecule has 0 N–H and O–H groups in total. The van der Waals surface area contributed by atoms with Crippen molar-refractivity contribution in [2.24, 2.45) is 5.92 Å². The van der Waals surface area contributed by atoms with E-state index in [0.29, 0.717) is 5.92 Å². The highest BCUT2D eigenvalue weighted by Gasteiger charge is 2.20. The molecule has 4 heteroatoms. The van der Waals surface area contributed by atoms with Crippen molar-refractivity contribution in [1.82, 2.24) is 0 Å². The molecule has 262 valence electrons. The van der Waals surface area contributed by atoms with Gasteiger partial charge in [-0.25, -0.2) is 0 Å². The third-order valence-corrected chi connectivity index (χ3v) is 10.9. The number of fused-ring (bicyclic) bond motifs is 7. The van der Waals surface area contributed by atoms with Crippen LogP contribution < -0.4 is 9.80 Å². The van der Waals surface area contributed by atoms with Gasteiger partial charge in [0, 0.05) is 67.8 Å². The number of rotatable bonds is 6. The van der Waals surface area contributed by atoms with Crippen LogP contribution in [0.2, 0.25) is 0 Å². The van der Waals surface area contributed by atoms with Crippen molar-refractivity contribution in [1.29, 1.82) is 0 Å². The number of allylic oxidation sites excluding steroid dienone is 3. The Hall–Kier alpha value is -6.52. The minimum absolute atomic E-state index is 0.539. The molecule has 0 radical (unpaired) electrons. The van der Waals surface area contributed by atoms with Crippen molar-refractivity contribution < 1.29 is 8.83 Å². The number of hydrogen-bond donors (Lipinski definition) is 0. The molecule has 0 saturated carbocycles. The lowest BCUT2D eigenvalue weighted by molar-refractivity contribution is 0.668. The summed E-state index contributed by atoms with van der Waals surface area (Å²) in [5.41, 5.74) is 13.8. The van der Waals surface area contributed by atoms with Gasteiger partial charge in [0.25, 0.3) is 0 Å². The van der Waals surface area contributed by atoms with E-state index in [-0.39, 0.29) is 0 Å². The summed E-state index contributed by atoms with van der Waals surface area (Å²) in [6, 6.07) is 48.1. The second-order valence-electron chi connectivity index (χ2n) is 15.0. The Morgan fingerprint density at radius 3 is 1.30 bits per heavy atom. The number of furan rings is 2. The number of aryl methyl sites for hydroxylation is 3. The van der Waals surface area contributed by atoms with Crippen molar-refractivity contribution in [2.45, 2.75) is 34.1 Å². The first-order chi connectivity index (χ1) is 26.3. The Balaban J connectivity index is 1.06. The van der Waals surface area contributed by atoms with Crippen molar-refractivity contribution >= 4 is 83.1 Å². The van der Waals surface area contributed by atoms with E-state index in [1.165, 1.54) is 22.4 Å². The van der Waals surface area contributed by atoms with Crippen molar-refractivity contribution in [3.8, 4) is 0 Å². The Labute approximate surface area is 314 Å². The van der Waals surface area contributed by atoms with Crippen LogP contribution in [0.25, 0.3) is 54.6 Å². The van der Waals surface area contributed by atoms with Gasteiger partial charge in [-0.3, -0.25) is 0 Å². The maximum atomic E-state index is 6.64. The Bertz CT molecular complexity index is 2900. The lowest BCUT2D eigenvalue weighted by Crippen LogP contribution is -2.17. The van der Waals surface area contributed by atoms with Crippen LogP contribution in [0.4, 0.5) is 28.4 Å². The molecule has 0 bridgehead atoms. The topological polar surface area (TPSA) is 32.8 Å². The zero-order valence-electron chi connectivity index (χ0n) is 30.9. The number of anilines is 5. The summed E-state index contributed by atoms with van der Waals surface area (Å²) in [4.78, 5) is 4.62. The van der Waals surface area contributed by atoms with Crippen LogP contribution in [-0.2, 0) is 0 Å². The molecule has 1 aliphatic rings. The van der Waals surface area contributed by atoms with Crippen molar-refractivity contribution in [3.05, 3.63) is 174 Å². The van der Waals surface area contributed by atoms with E-state index in [9.17, 15) is 0 Å². The highest BCUT2D eigenvalue weighted by Crippen LogP contribution is 2.42. The molecule has 54 heavy (non-hydrogen) atoms. The predicted molar refractivity (Wildman–Crippen MR) is 227 cm³/mol. The monoisotopic (exact) mass is 700 g/mol. The summed E-state index contributed by atoms with van der Waals surface area (Å²) in [6.45, 7) is 8.63. The summed E-state index contributed by atoms with van der Waals surface area (Å²) in [5, 5.41) is 6.62. The molecular formula is C50H40N2O2. The minimum atomic E-state index is 0.539. The van der Waals surface area contributed by atoms with Gasteiger partial charge < -0.3 is 18.6 Å². The fraction of sp³-hybridized carbons (Fsp3) is 0.120. The van der Waals surface area contributed by atoms with E-state index in [2.05, 4.69) is 189 Å². The molecule has 0 spiro atoms. The molecule has 10 rings (SSSR count). The molecular weight excluding hydrogens is 661 g/mol. The van der Waals surface area contributed by atoms with Gasteiger partial charge in [0.1, 0.15) is 22.3 Å². The van der Waals surface area contributed by atoms with Gasteiger partial charge >= 0.3 is 0 Å². The van der Waals surface area contributed by atoms with E-state index < -0.39 is 0 Å². The van der Waals surface area contributed by atoms with Crippen molar-refractivity contribution in [2.75, 3.05) is 9.80 Å². The predicted octanol–water partition coefficient (Wildman–Crippen LogP) is 14.7. The smallest absolute Gasteiger partial charge is 0.137 e. The summed E-state index contributed by atoms with van der Waals surface area (Å²) in [7, 11) is 0. The van der Waals surface area contributed by atoms with Crippen molar-refractivity contribution in [3.63, 3.8) is 0 Å². The number of nitrogens with zero attached hydrogens (tertiary/aromatic N) is 2. The van der Waals surface area contributed by atoms with E-state index in [1.807, 2.05) is 0 Å². The zero-order chi connectivity index (χ0) is 36.5. The zero-order valence-corrected chi connectivity index (χ0v) is 30.9. The summed E-state index contributed by atoms with van der Waals surface area (Å²) in [5.74, 6) is 0.539. The highest BCUT2D eigenvalue weighted by atomic mass is 16.3. The molecule has 1 atom stereocenters. The fourth-order valence-corrected chi connectivity index (χ4v) is 7.91. The Morgan fingerprint density at radius 1 is 0.444 bits per heavy atom. The molecule has 2 heterocycles. The van der Waals surface area contributed by atoms with Crippen LogP contribution in [0.5, 0.6) is 0 Å². The van der Waals surface area contributed by atoms with Crippen LogP contribution in [0.3, 0.4) is 0 Å². The van der Waals surface area contributed by atoms with Gasteiger partial charge in [-0.15, -0.1) is 0 Å². The third-order valence-electron chi connectivity index (χ3n) is 10.9. The molecule has 1 aliphatic carbocycles. The molecule has 9 aromatic rings. The summed E-state index contributed by atoms with van der Waals surface area (Å²) >= 11 is 0. The summed E-state index contributed by atoms with van der Waals surface area (Å²) < 4.78 is 13.3. The lowest BCUT2D eigenvalue weighted by Gasteiger charge is -2.28. The lowest BCUT2D eigenvalue weighted by atomic mass is 10.00. The molecule has 0 aliphatic heterocycles. The van der Waals surface area contributed by atoms with Crippen LogP contribution in [-0.4, -0.2) is 0 Å². The molecule has 7 aromatic carbocycles. The maximum absolute atomic E-state index is 6.64. The van der Waals surface area contributed by atoms with Crippen LogP contribution in [0, 0.1) is 26.7 Å². The largest absolute Gasteiger partial charge is 0.456 e. The molecule has 0 amide bonds. The first-order valence-electron chi connectivity index (χ1n) is 18.8. The average Bonchev–Trinajstić information content (AvgIpc) is 3.72. The average molecular weight is 701 g/mol. The van der Waals surface area contributed by atoms with Gasteiger partial charge in [-0.05, 0) is 135 Å². The van der Waals surface area contributed by atoms with E-state index >= 15 is 0 Å². The number of hydrogen-bond acceptors (Lipinski definition) is 4. The van der Waals surface area contributed by atoms with Crippen LogP contribution in [0.1, 0.15) is 30.0 Å². The van der Waals surface area contributed by atoms with E-state index in [4.69, 9.17) is 8.83 Å². The number of benzene rings is 7. The van der Waals surface area contributed by atoms with Crippen LogP contribution in [0.15, 0.2) is 166 Å². The van der Waals surface area contributed by atoms with Gasteiger partial charge in [0.2, 0.25) is 0 Å². The Morgan fingerprint density at radius 2 is 0.852 bits per heavy atom. The standard InChI is InChI=1S/C50H40N2O2/c1-31-5-13-37(14-6-31)51(38-15-7-32(2)8-16-38)41-21-23-43-45-25-35-28-48-46(26-36(35)27-47(45)53-49(43)29-41)44-24-22-42(30-50(44)54-48)52(39-17-9-33(3)10-18-39)40-19-11-34(4)12-20-40/h5-11,13-30,34H,12H2,1-4H3. The molecule has 0 saturated heterocycles. The van der Waals surface area contributed by atoms with Crippen LogP contribution >= 0.6 is 0 Å². The van der Waals surface area contributed by atoms with E-state index in [1.54, 1.807) is 0 Å². The quantitative estimate of drug-likeness (QED) is 0.173. The molecule has 2 aromatic heterocycles. The summed E-state index contributed by atoms with van der Waals surface area (Å²) in [6.07, 6.45) is 7.90. The fourth-order valence-electron chi connectivity index (χ4n) is 7.91. The maximum Gasteiger partial charge on any atom is 0.137 e. The second kappa shape index (κ2) is 12.6.